The second-order valence-electron chi connectivity index (χ2n) is 7.07. The predicted octanol–water partition coefficient (Wildman–Crippen LogP) is 4.00. The maximum Gasteiger partial charge on any atom is 0.315 e. The molecule has 0 saturated carbocycles. The van der Waals surface area contributed by atoms with E-state index in [4.69, 9.17) is 11.6 Å². The van der Waals surface area contributed by atoms with Gasteiger partial charge in [-0.3, -0.25) is 0 Å². The molecule has 0 fully saturated rings. The van der Waals surface area contributed by atoms with E-state index in [0.29, 0.717) is 18.7 Å². The van der Waals surface area contributed by atoms with Crippen LogP contribution in [-0.2, 0) is 29.5 Å². The van der Waals surface area contributed by atoms with Crippen molar-refractivity contribution in [3.63, 3.8) is 0 Å². The summed E-state index contributed by atoms with van der Waals surface area (Å²) in [5.41, 5.74) is 2.68. The summed E-state index contributed by atoms with van der Waals surface area (Å²) < 4.78 is 40.6. The van der Waals surface area contributed by atoms with Crippen molar-refractivity contribution in [2.75, 3.05) is 6.54 Å². The monoisotopic (exact) mass is 475 g/mol. The van der Waals surface area contributed by atoms with Crippen molar-refractivity contribution in [3.8, 4) is 0 Å². The molecule has 6 nitrogen and oxygen atoms in total. The first-order valence-corrected chi connectivity index (χ1v) is 11.8. The summed E-state index contributed by atoms with van der Waals surface area (Å²) in [5.74, 6) is -0.685. The van der Waals surface area contributed by atoms with Gasteiger partial charge in [-0.2, -0.15) is 0 Å². The SMILES string of the molecule is O=C(NCCc1ccccc1)NCc1cccc(CNS(=O)(=O)c2ccc(F)c(Cl)c2)c1. The van der Waals surface area contributed by atoms with Crippen LogP contribution >= 0.6 is 11.6 Å². The zero-order valence-electron chi connectivity index (χ0n) is 17.1. The number of carbonyl (C=O) groups is 1. The van der Waals surface area contributed by atoms with Crippen molar-refractivity contribution >= 4 is 27.7 Å². The fourth-order valence-corrected chi connectivity index (χ4v) is 4.25. The van der Waals surface area contributed by atoms with Gasteiger partial charge >= 0.3 is 6.03 Å². The molecule has 3 aromatic carbocycles. The molecule has 3 rings (SSSR count). The summed E-state index contributed by atoms with van der Waals surface area (Å²) in [4.78, 5) is 11.9. The van der Waals surface area contributed by atoms with Crippen molar-refractivity contribution in [3.05, 3.63) is 100 Å². The highest BCUT2D eigenvalue weighted by atomic mass is 35.5. The highest BCUT2D eigenvalue weighted by molar-refractivity contribution is 7.89. The lowest BCUT2D eigenvalue weighted by Crippen LogP contribution is -2.36. The quantitative estimate of drug-likeness (QED) is 0.437. The van der Waals surface area contributed by atoms with E-state index in [1.54, 1.807) is 18.2 Å². The van der Waals surface area contributed by atoms with Crippen LogP contribution in [0, 0.1) is 5.82 Å². The summed E-state index contributed by atoms with van der Waals surface area (Å²) in [5, 5.41) is 5.33. The fourth-order valence-electron chi connectivity index (χ4n) is 2.97. The zero-order chi connectivity index (χ0) is 23.0. The van der Waals surface area contributed by atoms with Crippen LogP contribution in [0.25, 0.3) is 0 Å². The number of rotatable bonds is 9. The van der Waals surface area contributed by atoms with Gasteiger partial charge in [-0.15, -0.1) is 0 Å². The third-order valence-electron chi connectivity index (χ3n) is 4.65. The van der Waals surface area contributed by atoms with Crippen molar-refractivity contribution in [2.45, 2.75) is 24.4 Å². The van der Waals surface area contributed by atoms with E-state index in [-0.39, 0.29) is 22.5 Å². The Kier molecular flexibility index (Phi) is 8.21. The molecule has 3 N–H and O–H groups in total. The largest absolute Gasteiger partial charge is 0.338 e. The third-order valence-corrected chi connectivity index (χ3v) is 6.34. The summed E-state index contributed by atoms with van der Waals surface area (Å²) in [6, 6.07) is 20.0. The molecule has 0 heterocycles. The van der Waals surface area contributed by atoms with Gasteiger partial charge < -0.3 is 10.6 Å². The minimum atomic E-state index is -3.85. The van der Waals surface area contributed by atoms with Crippen LogP contribution < -0.4 is 15.4 Å². The van der Waals surface area contributed by atoms with Crippen LogP contribution in [0.15, 0.2) is 77.7 Å². The van der Waals surface area contributed by atoms with E-state index in [9.17, 15) is 17.6 Å². The van der Waals surface area contributed by atoms with Gasteiger partial charge in [-0.25, -0.2) is 22.3 Å². The Morgan fingerprint density at radius 2 is 1.53 bits per heavy atom. The molecule has 0 aliphatic carbocycles. The molecule has 0 saturated heterocycles. The molecule has 0 aliphatic rings. The average molecular weight is 476 g/mol. The second kappa shape index (κ2) is 11.1. The summed E-state index contributed by atoms with van der Waals surface area (Å²) in [7, 11) is -3.85. The molecule has 2 amide bonds. The fraction of sp³-hybridized carbons (Fsp3) is 0.174. The van der Waals surface area contributed by atoms with Crippen LogP contribution in [0.3, 0.4) is 0 Å². The summed E-state index contributed by atoms with van der Waals surface area (Å²) >= 11 is 5.67. The normalized spacial score (nSPS) is 11.2. The maximum atomic E-state index is 13.3. The maximum absolute atomic E-state index is 13.3. The number of carbonyl (C=O) groups excluding carboxylic acids is 1. The van der Waals surface area contributed by atoms with E-state index in [0.717, 1.165) is 35.7 Å². The van der Waals surface area contributed by atoms with E-state index in [1.807, 2.05) is 36.4 Å². The molecule has 3 aromatic rings. The van der Waals surface area contributed by atoms with Gasteiger partial charge in [-0.05, 0) is 41.3 Å². The van der Waals surface area contributed by atoms with Crippen LogP contribution in [0.1, 0.15) is 16.7 Å². The Bertz CT molecular complexity index is 1170. The van der Waals surface area contributed by atoms with Gasteiger partial charge in [0.2, 0.25) is 10.0 Å². The van der Waals surface area contributed by atoms with Crippen molar-refractivity contribution < 1.29 is 17.6 Å². The van der Waals surface area contributed by atoms with Crippen LogP contribution in [0.2, 0.25) is 5.02 Å². The highest BCUT2D eigenvalue weighted by Gasteiger charge is 2.15. The molecule has 0 spiro atoms. The minimum absolute atomic E-state index is 0.0362. The third kappa shape index (κ3) is 7.05. The van der Waals surface area contributed by atoms with Gasteiger partial charge in [0.05, 0.1) is 9.92 Å². The predicted molar refractivity (Wildman–Crippen MR) is 122 cm³/mol. The number of sulfonamides is 1. The van der Waals surface area contributed by atoms with Gasteiger partial charge in [0, 0.05) is 19.6 Å². The Labute approximate surface area is 191 Å². The first kappa shape index (κ1) is 23.7. The number of halogens is 2. The number of hydrogen-bond acceptors (Lipinski definition) is 3. The zero-order valence-corrected chi connectivity index (χ0v) is 18.7. The van der Waals surface area contributed by atoms with Crippen molar-refractivity contribution in [1.29, 1.82) is 0 Å². The molecule has 0 atom stereocenters. The lowest BCUT2D eigenvalue weighted by Gasteiger charge is -2.10. The van der Waals surface area contributed by atoms with E-state index >= 15 is 0 Å². The second-order valence-corrected chi connectivity index (χ2v) is 9.24. The van der Waals surface area contributed by atoms with Gasteiger partial charge in [0.25, 0.3) is 0 Å². The van der Waals surface area contributed by atoms with Gasteiger partial charge in [0.1, 0.15) is 5.82 Å². The number of amides is 2. The molecule has 9 heteroatoms. The van der Waals surface area contributed by atoms with Crippen molar-refractivity contribution in [1.82, 2.24) is 15.4 Å². The van der Waals surface area contributed by atoms with Crippen molar-refractivity contribution in [2.24, 2.45) is 0 Å². The van der Waals surface area contributed by atoms with Crippen LogP contribution in [0.5, 0.6) is 0 Å². The van der Waals surface area contributed by atoms with Crippen LogP contribution in [0.4, 0.5) is 9.18 Å². The number of benzene rings is 3. The molecule has 168 valence electrons. The number of urea groups is 1. The molecule has 0 radical (unpaired) electrons. The smallest absolute Gasteiger partial charge is 0.315 e. The Hall–Kier alpha value is -2.94. The van der Waals surface area contributed by atoms with E-state index in [2.05, 4.69) is 15.4 Å². The topological polar surface area (TPSA) is 87.3 Å². The molecule has 0 bridgehead atoms. The number of hydrogen-bond donors (Lipinski definition) is 3. The average Bonchev–Trinajstić information content (AvgIpc) is 2.79. The van der Waals surface area contributed by atoms with Gasteiger partial charge in [0.15, 0.2) is 0 Å². The molecule has 0 aliphatic heterocycles. The molecule has 0 aromatic heterocycles. The minimum Gasteiger partial charge on any atom is -0.338 e. The van der Waals surface area contributed by atoms with E-state index in [1.165, 1.54) is 0 Å². The molecular formula is C23H23ClFN3O3S. The molecule has 0 unspecified atom stereocenters. The Morgan fingerprint density at radius 1 is 0.844 bits per heavy atom. The first-order chi connectivity index (χ1) is 15.3. The lowest BCUT2D eigenvalue weighted by molar-refractivity contribution is 0.240. The first-order valence-electron chi connectivity index (χ1n) is 9.92. The highest BCUT2D eigenvalue weighted by Crippen LogP contribution is 2.19. The van der Waals surface area contributed by atoms with E-state index < -0.39 is 15.8 Å². The summed E-state index contributed by atoms with van der Waals surface area (Å²) in [6.07, 6.45) is 0.739. The standard InChI is InChI=1S/C23H23ClFN3O3S/c24-21-14-20(9-10-22(21)25)32(30,31)28-16-19-8-4-7-18(13-19)15-27-23(29)26-12-11-17-5-2-1-3-6-17/h1-10,13-14,28H,11-12,15-16H2,(H2,26,27,29). The van der Waals surface area contributed by atoms with Crippen LogP contribution in [-0.4, -0.2) is 21.0 Å². The number of nitrogens with one attached hydrogen (secondary N) is 3. The summed E-state index contributed by atoms with van der Waals surface area (Å²) in [6.45, 7) is 0.852. The molecule has 32 heavy (non-hydrogen) atoms. The molecular weight excluding hydrogens is 453 g/mol. The Morgan fingerprint density at radius 3 is 2.25 bits per heavy atom. The lowest BCUT2D eigenvalue weighted by atomic mass is 10.1. The Balaban J connectivity index is 1.48. The van der Waals surface area contributed by atoms with Gasteiger partial charge in [-0.1, -0.05) is 66.2 Å².